The molecule has 4 unspecified atom stereocenters. The largest absolute Gasteiger partial charge is 0.349 e. The van der Waals surface area contributed by atoms with Gasteiger partial charge in [0.15, 0.2) is 0 Å². The third-order valence-corrected chi connectivity index (χ3v) is 8.00. The molecule has 1 heterocycles. The fourth-order valence-corrected chi connectivity index (χ4v) is 6.15. The Morgan fingerprint density at radius 1 is 1.22 bits per heavy atom. The Kier molecular flexibility index (Phi) is 5.93. The van der Waals surface area contributed by atoms with Gasteiger partial charge in [0, 0.05) is 24.2 Å². The Bertz CT molecular complexity index is 1100. The minimum atomic E-state index is -0.547. The molecule has 4 atom stereocenters. The first kappa shape index (κ1) is 21.8. The number of hydrogen-bond acceptors (Lipinski definition) is 3. The first-order chi connectivity index (χ1) is 15.4. The number of alkyl halides is 1. The van der Waals surface area contributed by atoms with Crippen molar-refractivity contribution >= 4 is 46.1 Å². The molecule has 3 aliphatic rings. The fraction of sp³-hybridized carbons (Fsp3) is 0.500. The van der Waals surface area contributed by atoms with Crippen molar-refractivity contribution in [2.45, 2.75) is 56.0 Å². The number of fused-ring (bicyclic) bond motifs is 2. The summed E-state index contributed by atoms with van der Waals surface area (Å²) in [6.07, 6.45) is 12.5. The van der Waals surface area contributed by atoms with Gasteiger partial charge in [0.2, 0.25) is 5.95 Å². The molecule has 32 heavy (non-hydrogen) atoms. The molecule has 0 spiro atoms. The Morgan fingerprint density at radius 3 is 2.62 bits per heavy atom. The molecule has 8 heteroatoms. The molecule has 0 saturated heterocycles. The second kappa shape index (κ2) is 8.71. The maximum Gasteiger partial charge on any atom is 0.254 e. The van der Waals surface area contributed by atoms with Crippen molar-refractivity contribution in [3.8, 4) is 0 Å². The summed E-state index contributed by atoms with van der Waals surface area (Å²) in [5.41, 5.74) is 1.16. The van der Waals surface area contributed by atoms with Crippen LogP contribution in [0.4, 0.5) is 10.3 Å². The average molecular weight is 477 g/mol. The highest BCUT2D eigenvalue weighted by molar-refractivity contribution is 6.32. The highest BCUT2D eigenvalue weighted by Crippen LogP contribution is 2.42. The molecule has 170 valence electrons. The number of amides is 1. The van der Waals surface area contributed by atoms with E-state index >= 15 is 0 Å². The van der Waals surface area contributed by atoms with E-state index in [9.17, 15) is 9.18 Å². The predicted octanol–water partition coefficient (Wildman–Crippen LogP) is 5.49. The Labute approximate surface area is 197 Å². The number of carbonyl (C=O) groups is 1. The number of rotatable bonds is 4. The van der Waals surface area contributed by atoms with E-state index in [2.05, 4.69) is 15.6 Å². The van der Waals surface area contributed by atoms with Crippen LogP contribution >= 0.6 is 23.2 Å². The summed E-state index contributed by atoms with van der Waals surface area (Å²) in [6.45, 7) is 0. The van der Waals surface area contributed by atoms with Gasteiger partial charge in [-0.05, 0) is 36.8 Å². The quantitative estimate of drug-likeness (QED) is 0.573. The second-order valence-corrected chi connectivity index (χ2v) is 10.2. The van der Waals surface area contributed by atoms with E-state index in [1.54, 1.807) is 17.7 Å². The van der Waals surface area contributed by atoms with E-state index in [0.29, 0.717) is 33.8 Å². The van der Waals surface area contributed by atoms with Gasteiger partial charge in [-0.25, -0.2) is 9.37 Å². The molecule has 0 bridgehead atoms. The number of benzene rings is 1. The average Bonchev–Trinajstić information content (AvgIpc) is 3.30. The lowest BCUT2D eigenvalue weighted by Gasteiger charge is -2.23. The number of anilines is 1. The zero-order chi connectivity index (χ0) is 22.4. The molecule has 2 fully saturated rings. The monoisotopic (exact) mass is 476 g/mol. The molecular weight excluding hydrogens is 450 g/mol. The van der Waals surface area contributed by atoms with Gasteiger partial charge in [0.1, 0.15) is 5.82 Å². The molecule has 1 aromatic heterocycles. The third-order valence-electron chi connectivity index (χ3n) is 7.24. The molecule has 0 aliphatic heterocycles. The first-order valence-corrected chi connectivity index (χ1v) is 12.1. The van der Waals surface area contributed by atoms with Gasteiger partial charge in [-0.1, -0.05) is 49.4 Å². The Hall–Kier alpha value is -2.05. The van der Waals surface area contributed by atoms with Crippen molar-refractivity contribution < 1.29 is 9.18 Å². The Morgan fingerprint density at radius 2 is 1.94 bits per heavy atom. The van der Waals surface area contributed by atoms with Crippen LogP contribution in [0.3, 0.4) is 0 Å². The Balaban J connectivity index is 1.36. The smallest absolute Gasteiger partial charge is 0.254 e. The lowest BCUT2D eigenvalue weighted by molar-refractivity contribution is 0.0933. The van der Waals surface area contributed by atoms with Crippen LogP contribution in [-0.4, -0.2) is 32.9 Å². The number of hydrogen-bond donors (Lipinski definition) is 2. The van der Waals surface area contributed by atoms with E-state index in [-0.39, 0.29) is 28.9 Å². The van der Waals surface area contributed by atoms with Gasteiger partial charge in [-0.3, -0.25) is 4.79 Å². The van der Waals surface area contributed by atoms with E-state index < -0.39 is 5.82 Å². The second-order valence-electron chi connectivity index (χ2n) is 9.26. The van der Waals surface area contributed by atoms with Crippen LogP contribution in [-0.2, 0) is 7.05 Å². The third kappa shape index (κ3) is 4.03. The number of aromatic nitrogens is 2. The van der Waals surface area contributed by atoms with Crippen molar-refractivity contribution in [3.05, 3.63) is 46.8 Å². The van der Waals surface area contributed by atoms with E-state index in [4.69, 9.17) is 23.2 Å². The minimum absolute atomic E-state index is 0.0331. The van der Waals surface area contributed by atoms with Crippen LogP contribution in [0.15, 0.2) is 35.4 Å². The zero-order valence-electron chi connectivity index (χ0n) is 18.0. The van der Waals surface area contributed by atoms with Crippen molar-refractivity contribution in [2.24, 2.45) is 18.9 Å². The molecule has 2 aromatic rings. The van der Waals surface area contributed by atoms with E-state index in [1.807, 2.05) is 12.2 Å². The summed E-state index contributed by atoms with van der Waals surface area (Å²) < 4.78 is 16.7. The topological polar surface area (TPSA) is 59.0 Å². The lowest BCUT2D eigenvalue weighted by atomic mass is 9.82. The molecule has 2 N–H and O–H groups in total. The maximum absolute atomic E-state index is 14.9. The number of allylic oxidation sites excluding steroid dienone is 2. The van der Waals surface area contributed by atoms with Crippen LogP contribution in [0, 0.1) is 17.7 Å². The number of nitrogens with one attached hydrogen (secondary N) is 2. The zero-order valence-corrected chi connectivity index (χ0v) is 19.5. The van der Waals surface area contributed by atoms with Crippen molar-refractivity contribution in [1.82, 2.24) is 14.9 Å². The van der Waals surface area contributed by atoms with Gasteiger partial charge >= 0.3 is 0 Å². The molecule has 5 rings (SSSR count). The normalized spacial score (nSPS) is 29.6. The van der Waals surface area contributed by atoms with Crippen LogP contribution in [0.5, 0.6) is 0 Å². The molecule has 3 aliphatic carbocycles. The first-order valence-electron chi connectivity index (χ1n) is 11.3. The maximum atomic E-state index is 14.9. The number of carbonyl (C=O) groups excluding carboxylic acids is 1. The molecule has 0 radical (unpaired) electrons. The highest BCUT2D eigenvalue weighted by Gasteiger charge is 2.36. The summed E-state index contributed by atoms with van der Waals surface area (Å²) in [7, 11) is 1.79. The van der Waals surface area contributed by atoms with Gasteiger partial charge in [0.25, 0.3) is 5.91 Å². The van der Waals surface area contributed by atoms with Crippen LogP contribution in [0.1, 0.15) is 48.9 Å². The molecular formula is C24H27Cl2FN4O. The highest BCUT2D eigenvalue weighted by atomic mass is 35.5. The summed E-state index contributed by atoms with van der Waals surface area (Å²) >= 11 is 12.7. The molecule has 2 saturated carbocycles. The molecule has 5 nitrogen and oxygen atoms in total. The lowest BCUT2D eigenvalue weighted by Crippen LogP contribution is -2.33. The van der Waals surface area contributed by atoms with Gasteiger partial charge in [-0.2, -0.15) is 0 Å². The van der Waals surface area contributed by atoms with Crippen LogP contribution < -0.4 is 10.6 Å². The minimum Gasteiger partial charge on any atom is -0.349 e. The summed E-state index contributed by atoms with van der Waals surface area (Å²) in [5.74, 6) is 1.000. The summed E-state index contributed by atoms with van der Waals surface area (Å²) in [4.78, 5) is 17.5. The molecule has 1 aromatic carbocycles. The number of imidazole rings is 1. The summed E-state index contributed by atoms with van der Waals surface area (Å²) in [6, 6.07) is 2.69. The summed E-state index contributed by atoms with van der Waals surface area (Å²) in [5, 5.41) is 6.55. The fourth-order valence-electron chi connectivity index (χ4n) is 5.54. The predicted molar refractivity (Wildman–Crippen MR) is 127 cm³/mol. The van der Waals surface area contributed by atoms with Gasteiger partial charge in [0.05, 0.1) is 28.0 Å². The number of halogens is 3. The van der Waals surface area contributed by atoms with Crippen molar-refractivity contribution in [2.75, 3.05) is 5.32 Å². The van der Waals surface area contributed by atoms with Gasteiger partial charge in [-0.15, -0.1) is 11.6 Å². The van der Waals surface area contributed by atoms with Crippen LogP contribution in [0.2, 0.25) is 0 Å². The SMILES string of the molecule is Cn1c(NC2C(Cl)=CC=CC2Cl)nc2cc(C(=O)NC3CC4CCCCC4C3)c(F)cc21. The van der Waals surface area contributed by atoms with Crippen molar-refractivity contribution in [3.63, 3.8) is 0 Å². The standard InChI is InChI=1S/C24H27Cl2FN4O/c1-31-21-12-19(27)16(23(32)28-15-9-13-5-2-3-6-14(13)10-15)11-20(21)29-24(31)30-22-17(25)7-4-8-18(22)26/h4,7-8,11-15,17,22H,2-3,5-6,9-10H2,1H3,(H,28,32)(H,29,30). The van der Waals surface area contributed by atoms with Crippen molar-refractivity contribution in [1.29, 1.82) is 0 Å². The van der Waals surface area contributed by atoms with E-state index in [1.165, 1.54) is 37.8 Å². The van der Waals surface area contributed by atoms with Crippen LogP contribution in [0.25, 0.3) is 11.0 Å². The number of aryl methyl sites for hydroxylation is 1. The van der Waals surface area contributed by atoms with Gasteiger partial charge < -0.3 is 15.2 Å². The molecule has 1 amide bonds. The number of nitrogens with zero attached hydrogens (tertiary/aromatic N) is 2. The van der Waals surface area contributed by atoms with E-state index in [0.717, 1.165) is 12.8 Å².